The third kappa shape index (κ3) is 4.88. The zero-order valence-electron chi connectivity index (χ0n) is 12.2. The Hall–Kier alpha value is -2.74. The van der Waals surface area contributed by atoms with Crippen LogP contribution in [0.2, 0.25) is 0 Å². The van der Waals surface area contributed by atoms with Crippen molar-refractivity contribution in [2.75, 3.05) is 6.61 Å². The Labute approximate surface area is 145 Å². The molecule has 0 atom stereocenters. The number of ether oxygens (including phenoxy) is 1. The van der Waals surface area contributed by atoms with Gasteiger partial charge in [0, 0.05) is 4.47 Å². The van der Waals surface area contributed by atoms with Crippen LogP contribution in [0.3, 0.4) is 0 Å². The Morgan fingerprint density at radius 1 is 1.00 bits per heavy atom. The molecule has 2 N–H and O–H groups in total. The van der Waals surface area contributed by atoms with Crippen molar-refractivity contribution in [1.82, 2.24) is 10.9 Å². The van der Waals surface area contributed by atoms with E-state index >= 15 is 0 Å². The summed E-state index contributed by atoms with van der Waals surface area (Å²) in [4.78, 5) is 35.1. The predicted octanol–water partition coefficient (Wildman–Crippen LogP) is 2.21. The zero-order chi connectivity index (χ0) is 17.5. The Balaban J connectivity index is 1.79. The molecule has 0 saturated heterocycles. The topological polar surface area (TPSA) is 84.5 Å². The molecule has 0 aliphatic heterocycles. The summed E-state index contributed by atoms with van der Waals surface area (Å²) in [5, 5.41) is 0. The number of rotatable bonds is 4. The van der Waals surface area contributed by atoms with Crippen LogP contribution in [0.1, 0.15) is 20.7 Å². The number of halogens is 2. The molecule has 0 unspecified atom stereocenters. The van der Waals surface area contributed by atoms with Crippen LogP contribution in [0.4, 0.5) is 4.39 Å². The summed E-state index contributed by atoms with van der Waals surface area (Å²) in [7, 11) is 0. The fraction of sp³-hybridized carbons (Fsp3) is 0.0625. The minimum Gasteiger partial charge on any atom is -0.452 e. The van der Waals surface area contributed by atoms with Gasteiger partial charge < -0.3 is 4.74 Å². The van der Waals surface area contributed by atoms with Crippen LogP contribution in [-0.4, -0.2) is 24.4 Å². The van der Waals surface area contributed by atoms with Gasteiger partial charge in [0.15, 0.2) is 6.61 Å². The fourth-order valence-corrected chi connectivity index (χ4v) is 2.14. The minimum absolute atomic E-state index is 0.112. The van der Waals surface area contributed by atoms with Gasteiger partial charge in [-0.15, -0.1) is 0 Å². The molecule has 0 aliphatic carbocycles. The van der Waals surface area contributed by atoms with Gasteiger partial charge in [0.1, 0.15) is 5.82 Å². The Kier molecular flexibility index (Phi) is 6.02. The average Bonchev–Trinajstić information content (AvgIpc) is 2.58. The highest BCUT2D eigenvalue weighted by atomic mass is 79.9. The van der Waals surface area contributed by atoms with Crippen LogP contribution in [0.5, 0.6) is 0 Å². The molecule has 0 heterocycles. The summed E-state index contributed by atoms with van der Waals surface area (Å²) in [6, 6.07) is 11.4. The Bertz CT molecular complexity index is 765. The van der Waals surface area contributed by atoms with Gasteiger partial charge in [0.2, 0.25) is 0 Å². The first-order valence-electron chi connectivity index (χ1n) is 6.74. The summed E-state index contributed by atoms with van der Waals surface area (Å²) >= 11 is 3.22. The predicted molar refractivity (Wildman–Crippen MR) is 86.4 cm³/mol. The van der Waals surface area contributed by atoms with E-state index in [4.69, 9.17) is 4.74 Å². The largest absolute Gasteiger partial charge is 0.452 e. The monoisotopic (exact) mass is 394 g/mol. The molecule has 0 spiro atoms. The minimum atomic E-state index is -0.776. The maximum absolute atomic E-state index is 12.7. The molecule has 0 aliphatic rings. The van der Waals surface area contributed by atoms with Crippen molar-refractivity contribution >= 4 is 33.7 Å². The highest BCUT2D eigenvalue weighted by Gasteiger charge is 2.12. The number of hydrogen-bond donors (Lipinski definition) is 2. The molecule has 0 radical (unpaired) electrons. The third-order valence-corrected chi connectivity index (χ3v) is 3.54. The van der Waals surface area contributed by atoms with E-state index in [0.29, 0.717) is 10.0 Å². The summed E-state index contributed by atoms with van der Waals surface area (Å²) in [6.45, 7) is -0.591. The number of hydrogen-bond acceptors (Lipinski definition) is 4. The lowest BCUT2D eigenvalue weighted by molar-refractivity contribution is -0.125. The molecular weight excluding hydrogens is 383 g/mol. The fourth-order valence-electron chi connectivity index (χ4n) is 1.68. The second-order valence-electron chi connectivity index (χ2n) is 4.57. The molecule has 8 heteroatoms. The van der Waals surface area contributed by atoms with E-state index < -0.39 is 30.2 Å². The molecule has 2 aromatic carbocycles. The van der Waals surface area contributed by atoms with Gasteiger partial charge in [-0.25, -0.2) is 9.18 Å². The first-order chi connectivity index (χ1) is 11.5. The second-order valence-corrected chi connectivity index (χ2v) is 5.42. The highest BCUT2D eigenvalue weighted by Crippen LogP contribution is 2.15. The van der Waals surface area contributed by atoms with Gasteiger partial charge in [-0.1, -0.05) is 12.1 Å². The van der Waals surface area contributed by atoms with Gasteiger partial charge in [-0.3, -0.25) is 20.4 Å². The zero-order valence-corrected chi connectivity index (χ0v) is 13.8. The third-order valence-electron chi connectivity index (χ3n) is 2.85. The summed E-state index contributed by atoms with van der Waals surface area (Å²) < 4.78 is 18.1. The SMILES string of the molecule is O=C(COC(=O)c1ccc(F)cc1)NNC(=O)c1ccccc1Br. The van der Waals surface area contributed by atoms with Gasteiger partial charge in [0.05, 0.1) is 11.1 Å². The first-order valence-corrected chi connectivity index (χ1v) is 7.53. The van der Waals surface area contributed by atoms with Crippen molar-refractivity contribution < 1.29 is 23.5 Å². The van der Waals surface area contributed by atoms with Crippen molar-refractivity contribution in [3.63, 3.8) is 0 Å². The van der Waals surface area contributed by atoms with Gasteiger partial charge in [0.25, 0.3) is 11.8 Å². The van der Waals surface area contributed by atoms with Crippen LogP contribution >= 0.6 is 15.9 Å². The van der Waals surface area contributed by atoms with Crippen LogP contribution in [0.15, 0.2) is 53.0 Å². The van der Waals surface area contributed by atoms with Crippen molar-refractivity contribution in [3.8, 4) is 0 Å². The van der Waals surface area contributed by atoms with Crippen LogP contribution in [0, 0.1) is 5.82 Å². The van der Waals surface area contributed by atoms with E-state index in [1.165, 1.54) is 12.1 Å². The van der Waals surface area contributed by atoms with Gasteiger partial charge in [-0.05, 0) is 52.3 Å². The molecule has 0 bridgehead atoms. The average molecular weight is 395 g/mol. The van der Waals surface area contributed by atoms with Crippen molar-refractivity contribution in [1.29, 1.82) is 0 Å². The first kappa shape index (κ1) is 17.6. The lowest BCUT2D eigenvalue weighted by Gasteiger charge is -2.09. The molecule has 24 heavy (non-hydrogen) atoms. The van der Waals surface area contributed by atoms with Crippen LogP contribution in [-0.2, 0) is 9.53 Å². The maximum atomic E-state index is 12.7. The second kappa shape index (κ2) is 8.21. The lowest BCUT2D eigenvalue weighted by atomic mass is 10.2. The molecule has 0 fully saturated rings. The highest BCUT2D eigenvalue weighted by molar-refractivity contribution is 9.10. The molecule has 124 valence electrons. The van der Waals surface area contributed by atoms with E-state index in [1.807, 2.05) is 0 Å². The number of esters is 1. The van der Waals surface area contributed by atoms with E-state index in [9.17, 15) is 18.8 Å². The molecule has 2 rings (SSSR count). The standard InChI is InChI=1S/C16H12BrFN2O4/c17-13-4-2-1-3-12(13)15(22)20-19-14(21)9-24-16(23)10-5-7-11(18)8-6-10/h1-8H,9H2,(H,19,21)(H,20,22). The van der Waals surface area contributed by atoms with Crippen molar-refractivity contribution in [3.05, 3.63) is 69.9 Å². The Morgan fingerprint density at radius 2 is 1.67 bits per heavy atom. The van der Waals surface area contributed by atoms with E-state index in [1.54, 1.807) is 24.3 Å². The summed E-state index contributed by atoms with van der Waals surface area (Å²) in [6.07, 6.45) is 0. The lowest BCUT2D eigenvalue weighted by Crippen LogP contribution is -2.43. The number of nitrogens with one attached hydrogen (secondary N) is 2. The maximum Gasteiger partial charge on any atom is 0.338 e. The summed E-state index contributed by atoms with van der Waals surface area (Å²) in [5.41, 5.74) is 4.78. The number of benzene rings is 2. The number of carbonyl (C=O) groups excluding carboxylic acids is 3. The van der Waals surface area contributed by atoms with Crippen molar-refractivity contribution in [2.24, 2.45) is 0 Å². The van der Waals surface area contributed by atoms with Crippen molar-refractivity contribution in [2.45, 2.75) is 0 Å². The molecule has 6 nitrogen and oxygen atoms in total. The quantitative estimate of drug-likeness (QED) is 0.614. The van der Waals surface area contributed by atoms with Crippen LogP contribution in [0.25, 0.3) is 0 Å². The van der Waals surface area contributed by atoms with Gasteiger partial charge in [-0.2, -0.15) is 0 Å². The normalized spacial score (nSPS) is 9.92. The molecule has 0 saturated carbocycles. The number of carbonyl (C=O) groups is 3. The van der Waals surface area contributed by atoms with E-state index in [2.05, 4.69) is 26.8 Å². The molecule has 2 amide bonds. The molecule has 0 aromatic heterocycles. The number of hydrazine groups is 1. The van der Waals surface area contributed by atoms with Crippen LogP contribution < -0.4 is 10.9 Å². The smallest absolute Gasteiger partial charge is 0.338 e. The number of amides is 2. The Morgan fingerprint density at radius 3 is 2.33 bits per heavy atom. The summed E-state index contributed by atoms with van der Waals surface area (Å²) in [5.74, 6) is -2.51. The van der Waals surface area contributed by atoms with Gasteiger partial charge >= 0.3 is 5.97 Å². The molecule has 2 aromatic rings. The van der Waals surface area contributed by atoms with E-state index in [-0.39, 0.29) is 5.56 Å². The van der Waals surface area contributed by atoms with E-state index in [0.717, 1.165) is 12.1 Å². The molecular formula is C16H12BrFN2O4.